The predicted octanol–water partition coefficient (Wildman–Crippen LogP) is 2.16. The summed E-state index contributed by atoms with van der Waals surface area (Å²) in [7, 11) is 1.58. The van der Waals surface area contributed by atoms with Gasteiger partial charge in [0.15, 0.2) is 0 Å². The van der Waals surface area contributed by atoms with E-state index in [9.17, 15) is 0 Å². The summed E-state index contributed by atoms with van der Waals surface area (Å²) >= 11 is 0. The Balaban J connectivity index is 2.08. The Morgan fingerprint density at radius 2 is 2.21 bits per heavy atom. The number of pyridine rings is 1. The van der Waals surface area contributed by atoms with Crippen molar-refractivity contribution in [1.29, 1.82) is 5.26 Å². The molecule has 0 amide bonds. The van der Waals surface area contributed by atoms with Crippen LogP contribution in [0, 0.1) is 11.3 Å². The van der Waals surface area contributed by atoms with E-state index < -0.39 is 0 Å². The average Bonchev–Trinajstić information content (AvgIpc) is 2.46. The molecular weight excluding hydrogens is 240 g/mol. The van der Waals surface area contributed by atoms with E-state index in [0.717, 1.165) is 11.3 Å². The summed E-state index contributed by atoms with van der Waals surface area (Å²) in [5.74, 6) is 0.576. The minimum Gasteiger partial charge on any atom is -0.481 e. The monoisotopic (exact) mass is 254 g/mol. The summed E-state index contributed by atoms with van der Waals surface area (Å²) in [4.78, 5) is 4.04. The number of hydrogen-bond acceptors (Lipinski definition) is 5. The van der Waals surface area contributed by atoms with Gasteiger partial charge in [-0.1, -0.05) is 0 Å². The van der Waals surface area contributed by atoms with Crippen LogP contribution in [0.1, 0.15) is 11.1 Å². The van der Waals surface area contributed by atoms with Crippen LogP contribution in [0.4, 0.5) is 11.4 Å². The standard InChI is InChI=1S/C14H14N4O/c1-19-14-7-11(4-5-17-14)9-18-13-3-2-10(8-15)6-12(13)16/h2-7,18H,9,16H2,1H3. The van der Waals surface area contributed by atoms with E-state index in [-0.39, 0.29) is 0 Å². The quantitative estimate of drug-likeness (QED) is 0.817. The highest BCUT2D eigenvalue weighted by Crippen LogP contribution is 2.20. The van der Waals surface area contributed by atoms with E-state index in [4.69, 9.17) is 15.7 Å². The lowest BCUT2D eigenvalue weighted by Crippen LogP contribution is -2.03. The molecule has 0 saturated carbocycles. The molecule has 0 saturated heterocycles. The topological polar surface area (TPSA) is 84.0 Å². The van der Waals surface area contributed by atoms with Crippen molar-refractivity contribution >= 4 is 11.4 Å². The normalized spacial score (nSPS) is 9.68. The van der Waals surface area contributed by atoms with E-state index in [0.29, 0.717) is 23.7 Å². The van der Waals surface area contributed by atoms with Gasteiger partial charge in [-0.05, 0) is 29.8 Å². The van der Waals surface area contributed by atoms with Crippen LogP contribution < -0.4 is 15.8 Å². The van der Waals surface area contributed by atoms with Gasteiger partial charge in [-0.25, -0.2) is 4.98 Å². The molecule has 0 unspecified atom stereocenters. The number of aromatic nitrogens is 1. The molecular formula is C14H14N4O. The Hall–Kier alpha value is -2.74. The predicted molar refractivity (Wildman–Crippen MR) is 73.7 cm³/mol. The highest BCUT2D eigenvalue weighted by atomic mass is 16.5. The molecule has 0 aliphatic heterocycles. The Bertz CT molecular complexity index is 619. The van der Waals surface area contributed by atoms with Crippen LogP contribution in [-0.2, 0) is 6.54 Å². The summed E-state index contributed by atoms with van der Waals surface area (Å²) < 4.78 is 5.06. The highest BCUT2D eigenvalue weighted by Gasteiger charge is 2.01. The van der Waals surface area contributed by atoms with Gasteiger partial charge in [0.1, 0.15) is 0 Å². The Kier molecular flexibility index (Phi) is 3.84. The van der Waals surface area contributed by atoms with E-state index in [2.05, 4.69) is 16.4 Å². The van der Waals surface area contributed by atoms with Crippen LogP contribution in [0.15, 0.2) is 36.5 Å². The molecule has 2 rings (SSSR count). The second-order valence-corrected chi connectivity index (χ2v) is 3.97. The fraction of sp³-hybridized carbons (Fsp3) is 0.143. The molecule has 19 heavy (non-hydrogen) atoms. The number of nitrogens with two attached hydrogens (primary N) is 1. The lowest BCUT2D eigenvalue weighted by molar-refractivity contribution is 0.397. The molecule has 1 heterocycles. The fourth-order valence-corrected chi connectivity index (χ4v) is 1.66. The summed E-state index contributed by atoms with van der Waals surface area (Å²) in [5.41, 5.74) is 8.81. The molecule has 96 valence electrons. The summed E-state index contributed by atoms with van der Waals surface area (Å²) in [6, 6.07) is 11.0. The van der Waals surface area contributed by atoms with Gasteiger partial charge in [-0.3, -0.25) is 0 Å². The molecule has 0 radical (unpaired) electrons. The van der Waals surface area contributed by atoms with Crippen molar-refractivity contribution < 1.29 is 4.74 Å². The zero-order valence-electron chi connectivity index (χ0n) is 10.6. The van der Waals surface area contributed by atoms with Crippen LogP contribution in [-0.4, -0.2) is 12.1 Å². The second kappa shape index (κ2) is 5.74. The van der Waals surface area contributed by atoms with Crippen LogP contribution >= 0.6 is 0 Å². The van der Waals surface area contributed by atoms with Gasteiger partial charge in [-0.15, -0.1) is 0 Å². The fourth-order valence-electron chi connectivity index (χ4n) is 1.66. The average molecular weight is 254 g/mol. The van der Waals surface area contributed by atoms with E-state index in [1.165, 1.54) is 0 Å². The molecule has 2 aromatic rings. The van der Waals surface area contributed by atoms with Crippen LogP contribution in [0.3, 0.4) is 0 Å². The highest BCUT2D eigenvalue weighted by molar-refractivity contribution is 5.68. The molecule has 1 aromatic heterocycles. The number of methoxy groups -OCH3 is 1. The number of anilines is 2. The molecule has 0 bridgehead atoms. The van der Waals surface area contributed by atoms with Gasteiger partial charge in [0.05, 0.1) is 30.1 Å². The summed E-state index contributed by atoms with van der Waals surface area (Å²) in [5, 5.41) is 12.0. The zero-order chi connectivity index (χ0) is 13.7. The van der Waals surface area contributed by atoms with Gasteiger partial charge in [0.25, 0.3) is 0 Å². The Morgan fingerprint density at radius 3 is 2.89 bits per heavy atom. The maximum absolute atomic E-state index is 8.77. The maximum Gasteiger partial charge on any atom is 0.213 e. The maximum atomic E-state index is 8.77. The van der Waals surface area contributed by atoms with Crippen LogP contribution in [0.25, 0.3) is 0 Å². The van der Waals surface area contributed by atoms with Crippen molar-refractivity contribution in [3.8, 4) is 11.9 Å². The van der Waals surface area contributed by atoms with Crippen molar-refractivity contribution in [2.45, 2.75) is 6.54 Å². The number of nitrogens with zero attached hydrogens (tertiary/aromatic N) is 2. The number of benzene rings is 1. The summed E-state index contributed by atoms with van der Waals surface area (Å²) in [6.07, 6.45) is 1.69. The molecule has 0 aliphatic rings. The number of nitrogens with one attached hydrogen (secondary N) is 1. The van der Waals surface area contributed by atoms with E-state index in [1.54, 1.807) is 31.5 Å². The van der Waals surface area contributed by atoms with Crippen LogP contribution in [0.2, 0.25) is 0 Å². The minimum atomic E-state index is 0.550. The number of hydrogen-bond donors (Lipinski definition) is 2. The third kappa shape index (κ3) is 3.13. The minimum absolute atomic E-state index is 0.550. The largest absolute Gasteiger partial charge is 0.481 e. The number of ether oxygens (including phenoxy) is 1. The van der Waals surface area contributed by atoms with Crippen molar-refractivity contribution in [3.63, 3.8) is 0 Å². The van der Waals surface area contributed by atoms with Gasteiger partial charge in [-0.2, -0.15) is 5.26 Å². The van der Waals surface area contributed by atoms with Crippen molar-refractivity contribution in [3.05, 3.63) is 47.7 Å². The van der Waals surface area contributed by atoms with Crippen molar-refractivity contribution in [2.75, 3.05) is 18.2 Å². The number of rotatable bonds is 4. The first kappa shape index (κ1) is 12.7. The molecule has 0 atom stereocenters. The third-order valence-corrected chi connectivity index (χ3v) is 2.67. The lowest BCUT2D eigenvalue weighted by atomic mass is 10.2. The van der Waals surface area contributed by atoms with E-state index >= 15 is 0 Å². The van der Waals surface area contributed by atoms with Crippen molar-refractivity contribution in [1.82, 2.24) is 4.98 Å². The van der Waals surface area contributed by atoms with Crippen LogP contribution in [0.5, 0.6) is 5.88 Å². The molecule has 0 spiro atoms. The SMILES string of the molecule is COc1cc(CNc2ccc(C#N)cc2N)ccn1. The molecule has 5 nitrogen and oxygen atoms in total. The third-order valence-electron chi connectivity index (χ3n) is 2.67. The number of nitriles is 1. The van der Waals surface area contributed by atoms with Gasteiger partial charge < -0.3 is 15.8 Å². The molecule has 0 fully saturated rings. The smallest absolute Gasteiger partial charge is 0.213 e. The summed E-state index contributed by atoms with van der Waals surface area (Å²) in [6.45, 7) is 0.606. The zero-order valence-corrected chi connectivity index (χ0v) is 10.6. The molecule has 3 N–H and O–H groups in total. The second-order valence-electron chi connectivity index (χ2n) is 3.97. The van der Waals surface area contributed by atoms with Gasteiger partial charge in [0, 0.05) is 18.8 Å². The van der Waals surface area contributed by atoms with Crippen molar-refractivity contribution in [2.24, 2.45) is 0 Å². The van der Waals surface area contributed by atoms with E-state index in [1.807, 2.05) is 12.1 Å². The first-order chi connectivity index (χ1) is 9.22. The molecule has 1 aromatic carbocycles. The lowest BCUT2D eigenvalue weighted by Gasteiger charge is -2.10. The van der Waals surface area contributed by atoms with Gasteiger partial charge in [0.2, 0.25) is 5.88 Å². The Labute approximate surface area is 111 Å². The molecule has 5 heteroatoms. The first-order valence-corrected chi connectivity index (χ1v) is 5.75. The Morgan fingerprint density at radius 1 is 1.37 bits per heavy atom. The first-order valence-electron chi connectivity index (χ1n) is 5.75. The van der Waals surface area contributed by atoms with Gasteiger partial charge >= 0.3 is 0 Å². The molecule has 0 aliphatic carbocycles. The number of nitrogen functional groups attached to an aromatic ring is 1.